The van der Waals surface area contributed by atoms with E-state index in [1.807, 2.05) is 0 Å². The molecule has 0 aliphatic carbocycles. The molecule has 0 rings (SSSR count). The molecule has 5 heavy (non-hydrogen) atoms. The van der Waals surface area contributed by atoms with Gasteiger partial charge in [0.25, 0.3) is 0 Å². The molecule has 0 aliphatic heterocycles. The van der Waals surface area contributed by atoms with Crippen molar-refractivity contribution in [1.82, 2.24) is 0 Å². The van der Waals surface area contributed by atoms with Crippen LogP contribution in [-0.4, -0.2) is 13.8 Å². The molecule has 0 bridgehead atoms. The van der Waals surface area contributed by atoms with Gasteiger partial charge in [-0.25, -0.2) is 0 Å². The van der Waals surface area contributed by atoms with E-state index in [0.717, 1.165) is 0 Å². The Hall–Kier alpha value is 0.0569. The van der Waals surface area contributed by atoms with Crippen LogP contribution in [0.15, 0.2) is 0 Å². The number of hydrogen-bond donors (Lipinski definition) is 1. The minimum Gasteiger partial charge on any atom is -0.861 e. The van der Waals surface area contributed by atoms with E-state index in [-0.39, 0.29) is 0 Å². The van der Waals surface area contributed by atoms with Gasteiger partial charge in [0.2, 0.25) is 0 Å². The molecule has 0 aromatic rings. The molecule has 32 valence electrons. The largest absolute Gasteiger partial charge is 0.861 e. The Morgan fingerprint density at radius 1 is 1.20 bits per heavy atom. The third kappa shape index (κ3) is 5300. The summed E-state index contributed by atoms with van der Waals surface area (Å²) in [5, 5.41) is 0. The first-order valence-electron chi connectivity index (χ1n) is 0.836. The van der Waals surface area contributed by atoms with Crippen molar-refractivity contribution >= 4 is 9.05 Å². The molecule has 0 spiro atoms. The summed E-state index contributed by atoms with van der Waals surface area (Å²) in [6, 6.07) is 0. The third-order valence-corrected chi connectivity index (χ3v) is 0. The van der Waals surface area contributed by atoms with Crippen LogP contribution in [0.4, 0.5) is 0 Å². The predicted octanol–water partition coefficient (Wildman–Crippen LogP) is -4.50. The topological polar surface area (TPSA) is 89.4 Å². The minimum absolute atomic E-state index is 5.36. The molecular formula is HO4Si-3. The van der Waals surface area contributed by atoms with Crippen LogP contribution in [0.5, 0.6) is 0 Å². The first-order valence-corrected chi connectivity index (χ1v) is 2.51. The molecule has 0 aliphatic rings. The lowest BCUT2D eigenvalue weighted by Gasteiger charge is -2.48. The molecule has 0 saturated heterocycles. The second-order valence-electron chi connectivity index (χ2n) is 0.524. The summed E-state index contributed by atoms with van der Waals surface area (Å²) in [6.07, 6.45) is 0. The summed E-state index contributed by atoms with van der Waals surface area (Å²) in [6.45, 7) is 0. The molecule has 0 heterocycles. The molecule has 0 radical (unpaired) electrons. The van der Waals surface area contributed by atoms with Crippen molar-refractivity contribution in [1.29, 1.82) is 0 Å². The van der Waals surface area contributed by atoms with E-state index in [0.29, 0.717) is 0 Å². The maximum atomic E-state index is 8.69. The van der Waals surface area contributed by atoms with Crippen molar-refractivity contribution in [2.45, 2.75) is 0 Å². The Balaban J connectivity index is 3.02. The van der Waals surface area contributed by atoms with Gasteiger partial charge in [-0.2, -0.15) is 0 Å². The molecule has 5 heteroatoms. The molecule has 1 N–H and O–H groups in total. The molecular weight excluding hydrogens is 92.1 g/mol. The smallest absolute Gasteiger partial charge is 0.118 e. The molecule has 0 aromatic heterocycles. The Labute approximate surface area is 29.4 Å². The van der Waals surface area contributed by atoms with Gasteiger partial charge < -0.3 is 19.2 Å². The maximum absolute atomic E-state index is 8.69. The fourth-order valence-corrected chi connectivity index (χ4v) is 0. The van der Waals surface area contributed by atoms with Crippen molar-refractivity contribution in [3.8, 4) is 0 Å². The lowest BCUT2D eigenvalue weighted by atomic mass is 15.7. The van der Waals surface area contributed by atoms with Gasteiger partial charge in [0.1, 0.15) is 0 Å². The fourth-order valence-electron chi connectivity index (χ4n) is 0. The van der Waals surface area contributed by atoms with Gasteiger partial charge >= 0.3 is 0 Å². The normalized spacial score (nSPS) is 12.0. The van der Waals surface area contributed by atoms with Gasteiger partial charge in [0.15, 0.2) is 0 Å². The lowest BCUT2D eigenvalue weighted by Crippen LogP contribution is -2.73. The van der Waals surface area contributed by atoms with E-state index in [2.05, 4.69) is 0 Å². The van der Waals surface area contributed by atoms with Gasteiger partial charge in [-0.1, -0.05) is 0 Å². The third-order valence-electron chi connectivity index (χ3n) is 0. The van der Waals surface area contributed by atoms with E-state index in [9.17, 15) is 0 Å². The zero-order valence-electron chi connectivity index (χ0n) is 2.17. The summed E-state index contributed by atoms with van der Waals surface area (Å²) in [5.74, 6) is 0. The van der Waals surface area contributed by atoms with Gasteiger partial charge in [0, 0.05) is 0 Å². The van der Waals surface area contributed by atoms with Crippen LogP contribution in [-0.2, 0) is 0 Å². The SMILES string of the molecule is [O-][Si]([O-])([O-])O. The van der Waals surface area contributed by atoms with Gasteiger partial charge in [-0.05, 0) is 0 Å². The summed E-state index contributed by atoms with van der Waals surface area (Å²) >= 11 is 0. The second kappa shape index (κ2) is 1.03. The van der Waals surface area contributed by atoms with Crippen LogP contribution in [0.2, 0.25) is 0 Å². The van der Waals surface area contributed by atoms with Crippen molar-refractivity contribution in [2.24, 2.45) is 0 Å². The van der Waals surface area contributed by atoms with Crippen LogP contribution in [0.3, 0.4) is 0 Å². The maximum Gasteiger partial charge on any atom is -0.118 e. The summed E-state index contributed by atoms with van der Waals surface area (Å²) in [7, 11) is -5.36. The molecule has 0 saturated carbocycles. The summed E-state index contributed by atoms with van der Waals surface area (Å²) in [5.41, 5.74) is 0. The first kappa shape index (κ1) is 5.06. The van der Waals surface area contributed by atoms with Crippen molar-refractivity contribution in [3.05, 3.63) is 0 Å². The molecule has 4 nitrogen and oxygen atoms in total. The average molecular weight is 93.1 g/mol. The van der Waals surface area contributed by atoms with E-state index in [1.54, 1.807) is 0 Å². The van der Waals surface area contributed by atoms with Crippen LogP contribution >= 0.6 is 0 Å². The monoisotopic (exact) mass is 93.0 g/mol. The van der Waals surface area contributed by atoms with E-state index < -0.39 is 9.05 Å². The second-order valence-corrected chi connectivity index (χ2v) is 1.57. The molecule has 0 atom stereocenters. The zero-order chi connectivity index (χ0) is 4.50. The molecule has 0 fully saturated rings. The standard InChI is InChI=1S/HO4Si/c1-5(2,3)4/h1H/q-3. The first-order chi connectivity index (χ1) is 2.00. The summed E-state index contributed by atoms with van der Waals surface area (Å²) < 4.78 is 0. The predicted molar refractivity (Wildman–Crippen MR) is 7.97 cm³/mol. The van der Waals surface area contributed by atoms with Gasteiger partial charge in [0.05, 0.1) is 0 Å². The fraction of sp³-hybridized carbons (Fsp3) is 0. The molecule has 0 unspecified atom stereocenters. The van der Waals surface area contributed by atoms with Crippen LogP contribution < -0.4 is 14.4 Å². The lowest BCUT2D eigenvalue weighted by molar-refractivity contribution is -0.537. The van der Waals surface area contributed by atoms with Crippen molar-refractivity contribution < 1.29 is 19.2 Å². The van der Waals surface area contributed by atoms with E-state index in [1.165, 1.54) is 0 Å². The quantitative estimate of drug-likeness (QED) is 0.306. The Kier molecular flexibility index (Phi) is 1.05. The Morgan fingerprint density at radius 3 is 1.20 bits per heavy atom. The van der Waals surface area contributed by atoms with Gasteiger partial charge in [-0.15, -0.1) is 9.05 Å². The van der Waals surface area contributed by atoms with E-state index >= 15 is 0 Å². The zero-order valence-corrected chi connectivity index (χ0v) is 3.17. The van der Waals surface area contributed by atoms with Crippen LogP contribution in [0.1, 0.15) is 0 Å². The highest BCUT2D eigenvalue weighted by molar-refractivity contribution is 6.40. The highest BCUT2D eigenvalue weighted by Crippen LogP contribution is 1.38. The molecule has 0 aromatic carbocycles. The highest BCUT2D eigenvalue weighted by atomic mass is 28.4. The van der Waals surface area contributed by atoms with E-state index in [4.69, 9.17) is 19.2 Å². The van der Waals surface area contributed by atoms with Crippen molar-refractivity contribution in [2.75, 3.05) is 0 Å². The van der Waals surface area contributed by atoms with Crippen LogP contribution in [0, 0.1) is 0 Å². The highest BCUT2D eigenvalue weighted by Gasteiger charge is 1.59. The minimum atomic E-state index is -5.36. The van der Waals surface area contributed by atoms with Gasteiger partial charge in [-0.3, -0.25) is 0 Å². The number of rotatable bonds is 0. The summed E-state index contributed by atoms with van der Waals surface area (Å²) in [4.78, 5) is 33.1. The average Bonchev–Trinajstić information content (AvgIpc) is 0.722. The Bertz CT molecular complexity index is 19.1. The Morgan fingerprint density at radius 2 is 1.20 bits per heavy atom. The van der Waals surface area contributed by atoms with Crippen LogP contribution in [0.25, 0.3) is 0 Å². The number of hydrogen-bond acceptors (Lipinski definition) is 4. The van der Waals surface area contributed by atoms with Crippen molar-refractivity contribution in [3.63, 3.8) is 0 Å². The molecule has 0 amide bonds.